The zero-order valence-electron chi connectivity index (χ0n) is 12.7. The lowest BCUT2D eigenvalue weighted by Crippen LogP contribution is -2.37. The van der Waals surface area contributed by atoms with Crippen molar-refractivity contribution in [1.82, 2.24) is 5.32 Å². The highest BCUT2D eigenvalue weighted by Crippen LogP contribution is 2.38. The van der Waals surface area contributed by atoms with Crippen molar-refractivity contribution in [3.8, 4) is 16.9 Å². The summed E-state index contributed by atoms with van der Waals surface area (Å²) in [5, 5.41) is 12.4. The van der Waals surface area contributed by atoms with Crippen LogP contribution in [-0.2, 0) is 0 Å². The number of hydrogen-bond donors (Lipinski definition) is 3. The minimum absolute atomic E-state index is 0. The monoisotopic (exact) mass is 342 g/mol. The van der Waals surface area contributed by atoms with E-state index in [-0.39, 0.29) is 36.9 Å². The van der Waals surface area contributed by atoms with Gasteiger partial charge in [-0.15, -0.1) is 0 Å². The number of halogens is 1. The molecule has 0 saturated carbocycles. The van der Waals surface area contributed by atoms with Crippen LogP contribution in [0.25, 0.3) is 16.0 Å². The average Bonchev–Trinajstić information content (AvgIpc) is 2.60. The first-order valence-corrected chi connectivity index (χ1v) is 7.04. The minimum atomic E-state index is -0.725. The number of rotatable bonds is 4. The van der Waals surface area contributed by atoms with Crippen LogP contribution in [-0.4, -0.2) is 30.2 Å². The van der Waals surface area contributed by atoms with Crippen LogP contribution < -0.4 is 11.1 Å². The summed E-state index contributed by atoms with van der Waals surface area (Å²) in [5.41, 5.74) is 6.53. The third kappa shape index (κ3) is 4.54. The van der Waals surface area contributed by atoms with Gasteiger partial charge in [0.1, 0.15) is 12.4 Å². The summed E-state index contributed by atoms with van der Waals surface area (Å²) in [4.78, 5) is 19.5. The Labute approximate surface area is 145 Å². The first-order chi connectivity index (χ1) is 11.6. The van der Waals surface area contributed by atoms with E-state index >= 15 is 0 Å². The largest absolute Gasteiger partial charge is 0.507 e. The van der Waals surface area contributed by atoms with Crippen LogP contribution in [0.15, 0.2) is 47.5 Å². The van der Waals surface area contributed by atoms with Crippen molar-refractivity contribution in [3.05, 3.63) is 59.4 Å². The fourth-order valence-corrected chi connectivity index (χ4v) is 2.18. The molecule has 130 valence electrons. The second kappa shape index (κ2) is 9.03. The number of benzene rings is 2. The van der Waals surface area contributed by atoms with Crippen LogP contribution in [0.3, 0.4) is 0 Å². The van der Waals surface area contributed by atoms with Gasteiger partial charge in [0, 0.05) is 5.56 Å². The minimum Gasteiger partial charge on any atom is -0.507 e. The van der Waals surface area contributed by atoms with Crippen molar-refractivity contribution in [3.63, 3.8) is 0 Å². The Morgan fingerprint density at radius 3 is 2.56 bits per heavy atom. The Kier molecular flexibility index (Phi) is 7.10. The lowest BCUT2D eigenvalue weighted by molar-refractivity contribution is 0.0974. The summed E-state index contributed by atoms with van der Waals surface area (Å²) >= 11 is 0. The number of alkyl halides is 1. The van der Waals surface area contributed by atoms with E-state index < -0.39 is 12.6 Å². The Hall–Kier alpha value is -3.40. The molecule has 0 fully saturated rings. The molecule has 0 heterocycles. The molecule has 0 unspecified atom stereocenters. The average molecular weight is 342 g/mol. The zero-order chi connectivity index (χ0) is 17.5. The van der Waals surface area contributed by atoms with Gasteiger partial charge in [-0.1, -0.05) is 43.8 Å². The molecular weight excluding hydrogens is 323 g/mol. The molecule has 2 aromatic rings. The number of phenolic OH excluding ortho intramolecular Hbond substituents is 1. The predicted octanol–water partition coefficient (Wildman–Crippen LogP) is 3.26. The molecule has 25 heavy (non-hydrogen) atoms. The SMILES string of the molecule is C.[C-]#[N+]c1ccc(O)c(C(=O)NC(N)=NCCF)c1-c1ccccc1. The number of hydrogen-bond acceptors (Lipinski definition) is 3. The first kappa shape index (κ1) is 19.6. The third-order valence-corrected chi connectivity index (χ3v) is 3.18. The fourth-order valence-electron chi connectivity index (χ4n) is 2.18. The maximum absolute atomic E-state index is 12.5. The van der Waals surface area contributed by atoms with Gasteiger partial charge in [-0.05, 0) is 11.6 Å². The normalized spacial score (nSPS) is 10.5. The van der Waals surface area contributed by atoms with Gasteiger partial charge in [0.05, 0.1) is 18.7 Å². The van der Waals surface area contributed by atoms with E-state index in [1.165, 1.54) is 12.1 Å². The topological polar surface area (TPSA) is 92.1 Å². The van der Waals surface area contributed by atoms with Crippen molar-refractivity contribution in [2.75, 3.05) is 13.2 Å². The molecule has 0 aliphatic rings. The summed E-state index contributed by atoms with van der Waals surface area (Å²) in [7, 11) is 0. The lowest BCUT2D eigenvalue weighted by Gasteiger charge is -2.13. The number of carbonyl (C=O) groups excluding carboxylic acids is 1. The van der Waals surface area contributed by atoms with Crippen molar-refractivity contribution < 1.29 is 14.3 Å². The summed E-state index contributed by atoms with van der Waals surface area (Å²) in [6.45, 7) is 6.42. The number of aliphatic imine (C=N–C) groups is 1. The van der Waals surface area contributed by atoms with Crippen LogP contribution in [0, 0.1) is 6.57 Å². The molecule has 2 rings (SSSR count). The zero-order valence-corrected chi connectivity index (χ0v) is 12.7. The highest BCUT2D eigenvalue weighted by Gasteiger charge is 2.21. The van der Waals surface area contributed by atoms with E-state index in [1.54, 1.807) is 30.3 Å². The number of carbonyl (C=O) groups is 1. The molecule has 0 aliphatic carbocycles. The Bertz CT molecular complexity index is 814. The molecule has 0 radical (unpaired) electrons. The standard InChI is InChI=1S/C17H15FN4O2.CH4/c1-20-12-7-8-13(23)15(14(12)11-5-3-2-4-6-11)16(24)22-17(19)21-10-9-18;/h2-8,23H,9-10H2,(H3,19,21,22,24);1H4. The van der Waals surface area contributed by atoms with Crippen LogP contribution in [0.2, 0.25) is 0 Å². The Morgan fingerprint density at radius 2 is 1.96 bits per heavy atom. The molecule has 7 heteroatoms. The molecule has 2 aromatic carbocycles. The number of nitrogens with zero attached hydrogens (tertiary/aromatic N) is 2. The summed E-state index contributed by atoms with van der Waals surface area (Å²) in [6.07, 6.45) is 0. The first-order valence-electron chi connectivity index (χ1n) is 7.04. The van der Waals surface area contributed by atoms with E-state index in [2.05, 4.69) is 15.2 Å². The third-order valence-electron chi connectivity index (χ3n) is 3.18. The number of nitrogens with one attached hydrogen (secondary N) is 1. The Balaban J connectivity index is 0.00000312. The smallest absolute Gasteiger partial charge is 0.261 e. The van der Waals surface area contributed by atoms with Crippen LogP contribution >= 0.6 is 0 Å². The summed E-state index contributed by atoms with van der Waals surface area (Å²) < 4.78 is 12.1. The second-order valence-corrected chi connectivity index (χ2v) is 4.74. The van der Waals surface area contributed by atoms with Gasteiger partial charge in [-0.2, -0.15) is 0 Å². The number of nitrogens with two attached hydrogens (primary N) is 1. The van der Waals surface area contributed by atoms with E-state index in [0.29, 0.717) is 11.1 Å². The van der Waals surface area contributed by atoms with E-state index in [0.717, 1.165) is 0 Å². The number of aromatic hydroxyl groups is 1. The van der Waals surface area contributed by atoms with Gasteiger partial charge in [-0.25, -0.2) is 9.24 Å². The molecule has 0 saturated heterocycles. The number of guanidine groups is 1. The summed E-state index contributed by atoms with van der Waals surface area (Å²) in [6, 6.07) is 11.5. The van der Waals surface area contributed by atoms with Crippen molar-refractivity contribution in [2.24, 2.45) is 10.7 Å². The van der Waals surface area contributed by atoms with Crippen LogP contribution in [0.1, 0.15) is 17.8 Å². The molecule has 0 aliphatic heterocycles. The highest BCUT2D eigenvalue weighted by molar-refractivity contribution is 6.12. The van der Waals surface area contributed by atoms with E-state index in [4.69, 9.17) is 12.3 Å². The molecule has 0 bridgehead atoms. The molecule has 0 aromatic heterocycles. The lowest BCUT2D eigenvalue weighted by atomic mass is 9.96. The maximum Gasteiger partial charge on any atom is 0.261 e. The molecular formula is C18H19FN4O2. The second-order valence-electron chi connectivity index (χ2n) is 4.74. The van der Waals surface area contributed by atoms with Crippen molar-refractivity contribution in [2.45, 2.75) is 7.43 Å². The fraction of sp³-hybridized carbons (Fsp3) is 0.167. The maximum atomic E-state index is 12.5. The molecule has 0 spiro atoms. The van der Waals surface area contributed by atoms with Crippen molar-refractivity contribution in [1.29, 1.82) is 0 Å². The van der Waals surface area contributed by atoms with Gasteiger partial charge in [-0.3, -0.25) is 15.1 Å². The summed E-state index contributed by atoms with van der Waals surface area (Å²) in [5.74, 6) is -1.28. The van der Waals surface area contributed by atoms with Gasteiger partial charge < -0.3 is 10.8 Å². The number of phenols is 1. The van der Waals surface area contributed by atoms with E-state index in [9.17, 15) is 14.3 Å². The molecule has 4 N–H and O–H groups in total. The molecule has 1 amide bonds. The van der Waals surface area contributed by atoms with Gasteiger partial charge in [0.2, 0.25) is 0 Å². The molecule has 0 atom stereocenters. The van der Waals surface area contributed by atoms with Crippen LogP contribution in [0.5, 0.6) is 5.75 Å². The van der Waals surface area contributed by atoms with Gasteiger partial charge in [0.15, 0.2) is 11.6 Å². The highest BCUT2D eigenvalue weighted by atomic mass is 19.1. The van der Waals surface area contributed by atoms with Gasteiger partial charge >= 0.3 is 0 Å². The van der Waals surface area contributed by atoms with Gasteiger partial charge in [0.25, 0.3) is 5.91 Å². The number of amides is 1. The Morgan fingerprint density at radius 1 is 1.28 bits per heavy atom. The molecule has 6 nitrogen and oxygen atoms in total. The van der Waals surface area contributed by atoms with E-state index in [1.807, 2.05) is 0 Å². The van der Waals surface area contributed by atoms with Crippen molar-refractivity contribution >= 4 is 17.6 Å². The van der Waals surface area contributed by atoms with Crippen LogP contribution in [0.4, 0.5) is 10.1 Å². The predicted molar refractivity (Wildman–Crippen MR) is 96.5 cm³/mol. The quantitative estimate of drug-likeness (QED) is 0.452.